The maximum absolute atomic E-state index is 4.09. The van der Waals surface area contributed by atoms with E-state index in [4.69, 9.17) is 0 Å². The maximum Gasteiger partial charge on any atom is 0.219 e. The van der Waals surface area contributed by atoms with Crippen molar-refractivity contribution in [2.24, 2.45) is 0 Å². The first-order chi connectivity index (χ1) is 4.29. The van der Waals surface area contributed by atoms with Gasteiger partial charge in [0.15, 0.2) is 0 Å². The summed E-state index contributed by atoms with van der Waals surface area (Å²) in [5.74, 6) is 0.650. The number of anilines is 1. The number of hydrogen-bond donors (Lipinski definition) is 3. The standard InChI is InChI=1S/C4H8N4S/c1-3(9)7-4-5-2-6-8-4/h2-3,9H,1H3,(H2,5,6,7,8). The van der Waals surface area contributed by atoms with Crippen molar-refractivity contribution in [2.45, 2.75) is 12.3 Å². The van der Waals surface area contributed by atoms with Crippen LogP contribution in [-0.2, 0) is 0 Å². The molecule has 0 saturated heterocycles. The quantitative estimate of drug-likeness (QED) is 0.418. The monoisotopic (exact) mass is 144 g/mol. The van der Waals surface area contributed by atoms with Gasteiger partial charge in [0, 0.05) is 0 Å². The Labute approximate surface area is 58.5 Å². The highest BCUT2D eigenvalue weighted by Crippen LogP contribution is 1.98. The van der Waals surface area contributed by atoms with Gasteiger partial charge in [-0.25, -0.2) is 10.1 Å². The van der Waals surface area contributed by atoms with Crippen molar-refractivity contribution in [3.8, 4) is 0 Å². The lowest BCUT2D eigenvalue weighted by atomic mass is 10.7. The fourth-order valence-electron chi connectivity index (χ4n) is 0.473. The van der Waals surface area contributed by atoms with Crippen molar-refractivity contribution in [3.63, 3.8) is 0 Å². The van der Waals surface area contributed by atoms with E-state index in [-0.39, 0.29) is 5.37 Å². The summed E-state index contributed by atoms with van der Waals surface area (Å²) < 4.78 is 0. The van der Waals surface area contributed by atoms with Crippen LogP contribution in [0.15, 0.2) is 6.33 Å². The number of nitrogens with one attached hydrogen (secondary N) is 2. The molecule has 0 aliphatic carbocycles. The summed E-state index contributed by atoms with van der Waals surface area (Å²) in [4.78, 5) is 3.83. The Morgan fingerprint density at radius 1 is 1.89 bits per heavy atom. The van der Waals surface area contributed by atoms with Gasteiger partial charge in [-0.1, -0.05) is 0 Å². The number of hydrogen-bond acceptors (Lipinski definition) is 4. The first kappa shape index (κ1) is 6.41. The zero-order valence-corrected chi connectivity index (χ0v) is 5.89. The normalized spacial score (nSPS) is 13.1. The molecule has 1 aromatic heterocycles. The van der Waals surface area contributed by atoms with E-state index in [9.17, 15) is 0 Å². The van der Waals surface area contributed by atoms with Crippen LogP contribution in [0.3, 0.4) is 0 Å². The molecule has 1 rings (SSSR count). The van der Waals surface area contributed by atoms with Crippen LogP contribution in [0.4, 0.5) is 5.95 Å². The number of rotatable bonds is 2. The number of aromatic nitrogens is 3. The van der Waals surface area contributed by atoms with Crippen LogP contribution in [0.5, 0.6) is 0 Å². The molecule has 0 aliphatic rings. The molecule has 1 atom stereocenters. The van der Waals surface area contributed by atoms with E-state index in [0.717, 1.165) is 0 Å². The lowest BCUT2D eigenvalue weighted by Crippen LogP contribution is -2.07. The Morgan fingerprint density at radius 3 is 3.11 bits per heavy atom. The first-order valence-corrected chi connectivity index (χ1v) is 3.10. The summed E-state index contributed by atoms with van der Waals surface area (Å²) >= 11 is 4.09. The lowest BCUT2D eigenvalue weighted by Gasteiger charge is -2.02. The van der Waals surface area contributed by atoms with Gasteiger partial charge >= 0.3 is 0 Å². The molecule has 1 aromatic rings. The number of aromatic amines is 1. The number of nitrogens with zero attached hydrogens (tertiary/aromatic N) is 2. The van der Waals surface area contributed by atoms with Crippen LogP contribution < -0.4 is 5.32 Å². The molecule has 0 saturated carbocycles. The van der Waals surface area contributed by atoms with E-state index in [2.05, 4.69) is 33.1 Å². The van der Waals surface area contributed by atoms with E-state index in [1.807, 2.05) is 6.92 Å². The molecule has 5 heteroatoms. The molecule has 0 aromatic carbocycles. The summed E-state index contributed by atoms with van der Waals surface area (Å²) in [5.41, 5.74) is 0. The predicted molar refractivity (Wildman–Crippen MR) is 38.5 cm³/mol. The second kappa shape index (κ2) is 2.72. The molecule has 1 heterocycles. The van der Waals surface area contributed by atoms with Gasteiger partial charge in [-0.2, -0.15) is 17.7 Å². The third-order valence-corrected chi connectivity index (χ3v) is 0.890. The van der Waals surface area contributed by atoms with Crippen molar-refractivity contribution in [2.75, 3.05) is 5.32 Å². The van der Waals surface area contributed by atoms with Crippen molar-refractivity contribution in [1.29, 1.82) is 0 Å². The van der Waals surface area contributed by atoms with E-state index in [0.29, 0.717) is 5.95 Å². The van der Waals surface area contributed by atoms with Gasteiger partial charge in [0.25, 0.3) is 0 Å². The first-order valence-electron chi connectivity index (χ1n) is 2.59. The topological polar surface area (TPSA) is 53.6 Å². The average molecular weight is 144 g/mol. The predicted octanol–water partition coefficient (Wildman–Crippen LogP) is 0.492. The highest BCUT2D eigenvalue weighted by Gasteiger charge is 1.94. The molecule has 2 N–H and O–H groups in total. The Balaban J connectivity index is 2.48. The van der Waals surface area contributed by atoms with E-state index >= 15 is 0 Å². The van der Waals surface area contributed by atoms with Crippen LogP contribution in [0.1, 0.15) is 6.92 Å². The minimum absolute atomic E-state index is 0.0953. The van der Waals surface area contributed by atoms with E-state index < -0.39 is 0 Å². The van der Waals surface area contributed by atoms with Crippen molar-refractivity contribution in [1.82, 2.24) is 15.2 Å². The van der Waals surface area contributed by atoms with E-state index in [1.54, 1.807) is 0 Å². The molecule has 50 valence electrons. The summed E-state index contributed by atoms with van der Waals surface area (Å²) in [6.45, 7) is 1.91. The van der Waals surface area contributed by atoms with Gasteiger partial charge in [-0.3, -0.25) is 0 Å². The van der Waals surface area contributed by atoms with Crippen LogP contribution in [-0.4, -0.2) is 20.6 Å². The molecule has 0 radical (unpaired) electrons. The summed E-state index contributed by atoms with van der Waals surface area (Å²) in [6, 6.07) is 0. The minimum atomic E-state index is 0.0953. The third kappa shape index (κ3) is 1.93. The lowest BCUT2D eigenvalue weighted by molar-refractivity contribution is 1.04. The Kier molecular flexibility index (Phi) is 1.94. The molecule has 0 aliphatic heterocycles. The average Bonchev–Trinajstić information content (AvgIpc) is 2.15. The van der Waals surface area contributed by atoms with E-state index in [1.165, 1.54) is 6.33 Å². The van der Waals surface area contributed by atoms with Crippen molar-refractivity contribution in [3.05, 3.63) is 6.33 Å². The van der Waals surface area contributed by atoms with Crippen molar-refractivity contribution < 1.29 is 0 Å². The summed E-state index contributed by atoms with van der Waals surface area (Å²) in [5, 5.41) is 9.31. The molecule has 0 fully saturated rings. The fourth-order valence-corrected chi connectivity index (χ4v) is 0.595. The van der Waals surface area contributed by atoms with Gasteiger partial charge in [-0.15, -0.1) is 0 Å². The van der Waals surface area contributed by atoms with Gasteiger partial charge in [0.05, 0.1) is 5.37 Å². The Bertz CT molecular complexity index is 159. The zero-order chi connectivity index (χ0) is 6.69. The van der Waals surface area contributed by atoms with Crippen LogP contribution >= 0.6 is 12.6 Å². The SMILES string of the molecule is CC(S)Nc1ncn[nH]1. The van der Waals surface area contributed by atoms with Gasteiger partial charge in [0.1, 0.15) is 6.33 Å². The minimum Gasteiger partial charge on any atom is -0.343 e. The van der Waals surface area contributed by atoms with Crippen molar-refractivity contribution >= 4 is 18.6 Å². The second-order valence-electron chi connectivity index (χ2n) is 1.65. The molecule has 0 amide bonds. The zero-order valence-electron chi connectivity index (χ0n) is 5.00. The molecule has 0 spiro atoms. The third-order valence-electron chi connectivity index (χ3n) is 0.761. The molecular formula is C4H8N4S. The van der Waals surface area contributed by atoms with Crippen LogP contribution in [0.25, 0.3) is 0 Å². The van der Waals surface area contributed by atoms with Gasteiger partial charge in [-0.05, 0) is 6.92 Å². The largest absolute Gasteiger partial charge is 0.343 e. The molecule has 1 unspecified atom stereocenters. The smallest absolute Gasteiger partial charge is 0.219 e. The number of thiol groups is 1. The molecule has 4 nitrogen and oxygen atoms in total. The maximum atomic E-state index is 4.09. The fraction of sp³-hybridized carbons (Fsp3) is 0.500. The Hall–Kier alpha value is -0.710. The molecule has 9 heavy (non-hydrogen) atoms. The van der Waals surface area contributed by atoms with Crippen LogP contribution in [0, 0.1) is 0 Å². The van der Waals surface area contributed by atoms with Crippen LogP contribution in [0.2, 0.25) is 0 Å². The molecular weight excluding hydrogens is 136 g/mol. The second-order valence-corrected chi connectivity index (χ2v) is 2.43. The number of H-pyrrole nitrogens is 1. The highest BCUT2D eigenvalue weighted by molar-refractivity contribution is 7.81. The van der Waals surface area contributed by atoms with Gasteiger partial charge < -0.3 is 5.32 Å². The Morgan fingerprint density at radius 2 is 2.67 bits per heavy atom. The highest BCUT2D eigenvalue weighted by atomic mass is 32.1. The summed E-state index contributed by atoms with van der Waals surface area (Å²) in [7, 11) is 0. The van der Waals surface area contributed by atoms with Gasteiger partial charge in [0.2, 0.25) is 5.95 Å². The summed E-state index contributed by atoms with van der Waals surface area (Å²) in [6.07, 6.45) is 1.44. The molecule has 0 bridgehead atoms.